The van der Waals surface area contributed by atoms with Crippen LogP contribution in [-0.2, 0) is 5.60 Å². The first-order chi connectivity index (χ1) is 10.4. The summed E-state index contributed by atoms with van der Waals surface area (Å²) in [6.45, 7) is 3.24. The van der Waals surface area contributed by atoms with Gasteiger partial charge in [-0.2, -0.15) is 0 Å². The molecule has 0 saturated heterocycles. The van der Waals surface area contributed by atoms with E-state index in [1.54, 1.807) is 31.2 Å². The van der Waals surface area contributed by atoms with Gasteiger partial charge in [0, 0.05) is 16.1 Å². The summed E-state index contributed by atoms with van der Waals surface area (Å²) < 4.78 is 0. The Morgan fingerprint density at radius 3 is 2.45 bits per heavy atom. The number of ketones is 1. The van der Waals surface area contributed by atoms with E-state index in [9.17, 15) is 14.7 Å². The van der Waals surface area contributed by atoms with E-state index >= 15 is 0 Å². The van der Waals surface area contributed by atoms with Gasteiger partial charge in [-0.15, -0.1) is 11.3 Å². The van der Waals surface area contributed by atoms with Crippen molar-refractivity contribution in [3.63, 3.8) is 0 Å². The predicted octanol–water partition coefficient (Wildman–Crippen LogP) is 2.98. The van der Waals surface area contributed by atoms with Crippen LogP contribution in [0.1, 0.15) is 29.1 Å². The third kappa shape index (κ3) is 4.16. The average molecular weight is 318 g/mol. The van der Waals surface area contributed by atoms with E-state index in [-0.39, 0.29) is 12.3 Å². The number of anilines is 1. The summed E-state index contributed by atoms with van der Waals surface area (Å²) in [5.74, 6) is -0.0250. The molecule has 0 saturated carbocycles. The van der Waals surface area contributed by atoms with Crippen molar-refractivity contribution in [2.75, 3.05) is 11.9 Å². The van der Waals surface area contributed by atoms with Crippen molar-refractivity contribution in [3.8, 4) is 0 Å². The summed E-state index contributed by atoms with van der Waals surface area (Å²) >= 11 is 1.44. The third-order valence-electron chi connectivity index (χ3n) is 3.19. The zero-order valence-corrected chi connectivity index (χ0v) is 13.2. The molecule has 1 atom stereocenters. The van der Waals surface area contributed by atoms with Crippen LogP contribution in [0.25, 0.3) is 0 Å². The van der Waals surface area contributed by atoms with Gasteiger partial charge in [0.15, 0.2) is 5.78 Å². The van der Waals surface area contributed by atoms with Crippen LogP contribution in [-0.4, -0.2) is 23.5 Å². The van der Waals surface area contributed by atoms with E-state index in [2.05, 4.69) is 10.6 Å². The van der Waals surface area contributed by atoms with Crippen molar-refractivity contribution in [2.24, 2.45) is 0 Å². The lowest BCUT2D eigenvalue weighted by molar-refractivity contribution is 0.0637. The molecule has 0 aliphatic rings. The molecule has 3 N–H and O–H groups in total. The molecule has 2 rings (SSSR count). The summed E-state index contributed by atoms with van der Waals surface area (Å²) in [5.41, 5.74) is 0.0640. The Hall–Kier alpha value is -2.18. The highest BCUT2D eigenvalue weighted by atomic mass is 32.1. The number of urea groups is 1. The van der Waals surface area contributed by atoms with Gasteiger partial charge in [-0.3, -0.25) is 4.79 Å². The number of amides is 2. The Balaban J connectivity index is 1.89. The zero-order valence-electron chi connectivity index (χ0n) is 12.4. The fourth-order valence-corrected chi connectivity index (χ4v) is 2.68. The van der Waals surface area contributed by atoms with E-state index in [0.717, 1.165) is 4.88 Å². The number of Topliss-reactive ketones (excluding diaryl/α,β-unsaturated/α-hetero) is 1. The highest BCUT2D eigenvalue weighted by Gasteiger charge is 2.24. The SMILES string of the molecule is CC(=O)c1ccc(NC(=O)NCC(C)(O)c2cccs2)cc1. The minimum atomic E-state index is -1.11. The highest BCUT2D eigenvalue weighted by molar-refractivity contribution is 7.10. The summed E-state index contributed by atoms with van der Waals surface area (Å²) in [6, 6.07) is 9.89. The Kier molecular flexibility index (Phi) is 4.95. The maximum absolute atomic E-state index is 11.9. The van der Waals surface area contributed by atoms with E-state index in [1.807, 2.05) is 17.5 Å². The number of nitrogens with one attached hydrogen (secondary N) is 2. The largest absolute Gasteiger partial charge is 0.383 e. The van der Waals surface area contributed by atoms with Crippen molar-refractivity contribution >= 4 is 28.8 Å². The molecule has 0 bridgehead atoms. The molecular formula is C16H18N2O3S. The van der Waals surface area contributed by atoms with E-state index in [1.165, 1.54) is 18.3 Å². The molecule has 22 heavy (non-hydrogen) atoms. The zero-order chi connectivity index (χ0) is 16.2. The van der Waals surface area contributed by atoms with Gasteiger partial charge < -0.3 is 15.7 Å². The maximum atomic E-state index is 11.9. The molecule has 0 radical (unpaired) electrons. The molecule has 1 aromatic heterocycles. The van der Waals surface area contributed by atoms with Crippen LogP contribution < -0.4 is 10.6 Å². The molecular weight excluding hydrogens is 300 g/mol. The number of benzene rings is 1. The molecule has 5 nitrogen and oxygen atoms in total. The van der Waals surface area contributed by atoms with Crippen LogP contribution in [0.2, 0.25) is 0 Å². The van der Waals surface area contributed by atoms with E-state index < -0.39 is 11.6 Å². The lowest BCUT2D eigenvalue weighted by atomic mass is 10.1. The van der Waals surface area contributed by atoms with E-state index in [0.29, 0.717) is 11.3 Å². The first kappa shape index (κ1) is 16.2. The molecule has 2 aromatic rings. The first-order valence-corrected chi connectivity index (χ1v) is 7.69. The molecule has 1 unspecified atom stereocenters. The van der Waals surface area contributed by atoms with Gasteiger partial charge in [0.05, 0.1) is 6.54 Å². The minimum absolute atomic E-state index is 0.0250. The van der Waals surface area contributed by atoms with E-state index in [4.69, 9.17) is 0 Å². The second-order valence-corrected chi connectivity index (χ2v) is 6.14. The van der Waals surface area contributed by atoms with Gasteiger partial charge in [0.25, 0.3) is 0 Å². The molecule has 0 fully saturated rings. The van der Waals surface area contributed by atoms with Crippen molar-refractivity contribution in [1.29, 1.82) is 0 Å². The normalized spacial score (nSPS) is 13.2. The second kappa shape index (κ2) is 6.72. The van der Waals surface area contributed by atoms with Crippen LogP contribution in [0.5, 0.6) is 0 Å². The number of carbonyl (C=O) groups is 2. The first-order valence-electron chi connectivity index (χ1n) is 6.81. The van der Waals surface area contributed by atoms with Crippen LogP contribution in [0.3, 0.4) is 0 Å². The number of hydrogen-bond acceptors (Lipinski definition) is 4. The molecule has 1 heterocycles. The highest BCUT2D eigenvalue weighted by Crippen LogP contribution is 2.24. The van der Waals surface area contributed by atoms with Gasteiger partial charge >= 0.3 is 6.03 Å². The lowest BCUT2D eigenvalue weighted by Crippen LogP contribution is -2.40. The number of aliphatic hydroxyl groups is 1. The Bertz CT molecular complexity index is 649. The number of rotatable bonds is 5. The quantitative estimate of drug-likeness (QED) is 0.742. The fourth-order valence-electron chi connectivity index (χ4n) is 1.89. The maximum Gasteiger partial charge on any atom is 0.319 e. The van der Waals surface area contributed by atoms with Crippen LogP contribution in [0, 0.1) is 0 Å². The Morgan fingerprint density at radius 2 is 1.91 bits per heavy atom. The molecule has 1 aromatic carbocycles. The van der Waals surface area contributed by atoms with Gasteiger partial charge in [-0.05, 0) is 49.6 Å². The summed E-state index contributed by atoms with van der Waals surface area (Å²) in [4.78, 5) is 23.8. The van der Waals surface area contributed by atoms with Gasteiger partial charge in [0.1, 0.15) is 5.60 Å². The number of thiophene rings is 1. The Labute approximate surface area is 133 Å². The summed E-state index contributed by atoms with van der Waals surface area (Å²) in [7, 11) is 0. The summed E-state index contributed by atoms with van der Waals surface area (Å²) in [5, 5.41) is 17.5. The van der Waals surface area contributed by atoms with Gasteiger partial charge in [0.2, 0.25) is 0 Å². The predicted molar refractivity (Wildman–Crippen MR) is 87.4 cm³/mol. The fraction of sp³-hybridized carbons (Fsp3) is 0.250. The molecule has 0 aliphatic heterocycles. The molecule has 6 heteroatoms. The van der Waals surface area contributed by atoms with Crippen LogP contribution >= 0.6 is 11.3 Å². The summed E-state index contributed by atoms with van der Waals surface area (Å²) in [6.07, 6.45) is 0. The topological polar surface area (TPSA) is 78.4 Å². The molecule has 0 spiro atoms. The number of carbonyl (C=O) groups excluding carboxylic acids is 2. The van der Waals surface area contributed by atoms with Gasteiger partial charge in [-0.1, -0.05) is 6.07 Å². The molecule has 0 aliphatic carbocycles. The average Bonchev–Trinajstić information content (AvgIpc) is 3.01. The second-order valence-electron chi connectivity index (χ2n) is 5.19. The number of hydrogen-bond donors (Lipinski definition) is 3. The minimum Gasteiger partial charge on any atom is -0.383 e. The van der Waals surface area contributed by atoms with Crippen LogP contribution in [0.15, 0.2) is 41.8 Å². The van der Waals surface area contributed by atoms with Crippen LogP contribution in [0.4, 0.5) is 10.5 Å². The van der Waals surface area contributed by atoms with Crippen molar-refractivity contribution in [3.05, 3.63) is 52.2 Å². The standard InChI is InChI=1S/C16H18N2O3S/c1-11(19)12-5-7-13(8-6-12)18-15(20)17-10-16(2,21)14-4-3-9-22-14/h3-9,21H,10H2,1-2H3,(H2,17,18,20). The van der Waals surface area contributed by atoms with Gasteiger partial charge in [-0.25, -0.2) is 4.79 Å². The van der Waals surface area contributed by atoms with Crippen molar-refractivity contribution < 1.29 is 14.7 Å². The molecule has 2 amide bonds. The van der Waals surface area contributed by atoms with Crippen molar-refractivity contribution in [2.45, 2.75) is 19.4 Å². The smallest absolute Gasteiger partial charge is 0.319 e. The monoisotopic (exact) mass is 318 g/mol. The van der Waals surface area contributed by atoms with Crippen molar-refractivity contribution in [1.82, 2.24) is 5.32 Å². The lowest BCUT2D eigenvalue weighted by Gasteiger charge is -2.22. The molecule has 116 valence electrons. The Morgan fingerprint density at radius 1 is 1.23 bits per heavy atom. The third-order valence-corrected chi connectivity index (χ3v) is 4.32.